The van der Waals surface area contributed by atoms with Gasteiger partial charge in [-0.15, -0.1) is 11.3 Å². The normalized spacial score (nSPS) is 11.8. The molecule has 0 bridgehead atoms. The molecule has 1 aromatic heterocycles. The molecular weight excluding hydrogens is 328 g/mol. The Morgan fingerprint density at radius 1 is 1.04 bits per heavy atom. The maximum atomic E-state index is 12.5. The van der Waals surface area contributed by atoms with Crippen molar-refractivity contribution in [3.05, 3.63) is 87.6 Å². The molecule has 0 saturated carbocycles. The molecule has 1 atom stereocenters. The molecule has 0 saturated heterocycles. The first kappa shape index (κ1) is 17.2. The molecule has 1 amide bonds. The van der Waals surface area contributed by atoms with Gasteiger partial charge < -0.3 is 10.6 Å². The molecule has 3 aromatic rings. The van der Waals surface area contributed by atoms with E-state index in [-0.39, 0.29) is 18.5 Å². The van der Waals surface area contributed by atoms with Crippen LogP contribution in [0.1, 0.15) is 27.6 Å². The molecule has 25 heavy (non-hydrogen) atoms. The first-order valence-electron chi connectivity index (χ1n) is 8.32. The van der Waals surface area contributed by atoms with Crippen LogP contribution < -0.4 is 10.6 Å². The van der Waals surface area contributed by atoms with Crippen molar-refractivity contribution < 1.29 is 4.79 Å². The fourth-order valence-corrected chi connectivity index (χ4v) is 3.54. The minimum atomic E-state index is -0.117. The summed E-state index contributed by atoms with van der Waals surface area (Å²) in [6, 6.07) is 20.2. The minimum absolute atomic E-state index is 0.0249. The molecule has 0 aliphatic heterocycles. The van der Waals surface area contributed by atoms with Gasteiger partial charge in [-0.2, -0.15) is 0 Å². The standard InChI is InChI=1S/C21H22N2OS/c1-15-10-11-16(2)18(13-15)22-14-20(24)23-21(19-9-6-12-25-19)17-7-4-3-5-8-17/h3-13,21-22H,14H2,1-2H3,(H,23,24)/t21-/m0/s1. The van der Waals surface area contributed by atoms with Gasteiger partial charge in [0.25, 0.3) is 0 Å². The third-order valence-electron chi connectivity index (χ3n) is 4.10. The van der Waals surface area contributed by atoms with Crippen LogP contribution in [-0.2, 0) is 4.79 Å². The second-order valence-electron chi connectivity index (χ2n) is 6.10. The van der Waals surface area contributed by atoms with Crippen molar-refractivity contribution in [1.82, 2.24) is 5.32 Å². The summed E-state index contributed by atoms with van der Waals surface area (Å²) in [5.74, 6) is -0.0249. The van der Waals surface area contributed by atoms with Gasteiger partial charge in [-0.3, -0.25) is 4.79 Å². The van der Waals surface area contributed by atoms with E-state index in [2.05, 4.69) is 34.9 Å². The zero-order valence-electron chi connectivity index (χ0n) is 14.5. The fraction of sp³-hybridized carbons (Fsp3) is 0.190. The number of carbonyl (C=O) groups excluding carboxylic acids is 1. The predicted molar refractivity (Wildman–Crippen MR) is 105 cm³/mol. The molecule has 1 heterocycles. The molecule has 3 nitrogen and oxygen atoms in total. The van der Waals surface area contributed by atoms with Crippen LogP contribution in [-0.4, -0.2) is 12.5 Å². The molecule has 0 spiro atoms. The average Bonchev–Trinajstić information content (AvgIpc) is 3.15. The number of anilines is 1. The van der Waals surface area contributed by atoms with Crippen molar-refractivity contribution in [3.63, 3.8) is 0 Å². The van der Waals surface area contributed by atoms with Crippen LogP contribution in [0.3, 0.4) is 0 Å². The summed E-state index contributed by atoms with van der Waals surface area (Å²) in [4.78, 5) is 13.7. The van der Waals surface area contributed by atoms with E-state index in [0.717, 1.165) is 21.7 Å². The molecule has 0 radical (unpaired) electrons. The number of amides is 1. The third kappa shape index (κ3) is 4.48. The lowest BCUT2D eigenvalue weighted by atomic mass is 10.1. The van der Waals surface area contributed by atoms with Gasteiger partial charge in [0.05, 0.1) is 12.6 Å². The highest BCUT2D eigenvalue weighted by Crippen LogP contribution is 2.25. The summed E-state index contributed by atoms with van der Waals surface area (Å²) in [6.45, 7) is 4.34. The van der Waals surface area contributed by atoms with Crippen LogP contribution in [0.4, 0.5) is 5.69 Å². The van der Waals surface area contributed by atoms with Gasteiger partial charge in [0.2, 0.25) is 5.91 Å². The zero-order chi connectivity index (χ0) is 17.6. The van der Waals surface area contributed by atoms with E-state index in [1.54, 1.807) is 11.3 Å². The Bertz CT molecular complexity index is 828. The first-order chi connectivity index (χ1) is 12.1. The summed E-state index contributed by atoms with van der Waals surface area (Å²) in [6.07, 6.45) is 0. The third-order valence-corrected chi connectivity index (χ3v) is 5.04. The largest absolute Gasteiger partial charge is 0.376 e. The van der Waals surface area contributed by atoms with Crippen molar-refractivity contribution in [1.29, 1.82) is 0 Å². The molecule has 0 aliphatic rings. The van der Waals surface area contributed by atoms with E-state index >= 15 is 0 Å². The summed E-state index contributed by atoms with van der Waals surface area (Å²) < 4.78 is 0. The fourth-order valence-electron chi connectivity index (χ4n) is 2.73. The highest BCUT2D eigenvalue weighted by atomic mass is 32.1. The SMILES string of the molecule is Cc1ccc(C)c(NCC(=O)N[C@@H](c2ccccc2)c2cccs2)c1. The number of carbonyl (C=O) groups is 1. The number of rotatable bonds is 6. The van der Waals surface area contributed by atoms with E-state index in [9.17, 15) is 4.79 Å². The second-order valence-corrected chi connectivity index (χ2v) is 7.08. The average molecular weight is 350 g/mol. The zero-order valence-corrected chi connectivity index (χ0v) is 15.3. The van der Waals surface area contributed by atoms with Crippen LogP contribution in [0.25, 0.3) is 0 Å². The minimum Gasteiger partial charge on any atom is -0.376 e. The molecule has 128 valence electrons. The number of hydrogen-bond acceptors (Lipinski definition) is 3. The summed E-state index contributed by atoms with van der Waals surface area (Å²) in [7, 11) is 0. The van der Waals surface area contributed by atoms with Crippen molar-refractivity contribution in [2.75, 3.05) is 11.9 Å². The van der Waals surface area contributed by atoms with Crippen molar-refractivity contribution in [2.24, 2.45) is 0 Å². The quantitative estimate of drug-likeness (QED) is 0.677. The Labute approximate surface area is 152 Å². The lowest BCUT2D eigenvalue weighted by Gasteiger charge is -2.19. The number of nitrogens with one attached hydrogen (secondary N) is 2. The number of aryl methyl sites for hydroxylation is 2. The molecule has 0 unspecified atom stereocenters. The van der Waals surface area contributed by atoms with Gasteiger partial charge in [-0.1, -0.05) is 48.5 Å². The van der Waals surface area contributed by atoms with Crippen LogP contribution >= 0.6 is 11.3 Å². The van der Waals surface area contributed by atoms with Crippen LogP contribution in [0, 0.1) is 13.8 Å². The highest BCUT2D eigenvalue weighted by molar-refractivity contribution is 7.10. The monoisotopic (exact) mass is 350 g/mol. The van der Waals surface area contributed by atoms with Gasteiger partial charge >= 0.3 is 0 Å². The summed E-state index contributed by atoms with van der Waals surface area (Å²) in [5, 5.41) is 8.43. The molecule has 2 aromatic carbocycles. The molecule has 0 fully saturated rings. The Morgan fingerprint density at radius 2 is 1.84 bits per heavy atom. The number of hydrogen-bond donors (Lipinski definition) is 2. The summed E-state index contributed by atoms with van der Waals surface area (Å²) in [5.41, 5.74) is 4.40. The van der Waals surface area contributed by atoms with Gasteiger partial charge in [-0.05, 0) is 48.1 Å². The molecule has 4 heteroatoms. The van der Waals surface area contributed by atoms with E-state index in [1.165, 1.54) is 5.56 Å². The van der Waals surface area contributed by atoms with E-state index in [1.807, 2.05) is 55.6 Å². The van der Waals surface area contributed by atoms with Crippen molar-refractivity contribution >= 4 is 22.9 Å². The molecule has 0 aliphatic carbocycles. The maximum Gasteiger partial charge on any atom is 0.240 e. The van der Waals surface area contributed by atoms with Crippen LogP contribution in [0.15, 0.2) is 66.0 Å². The van der Waals surface area contributed by atoms with Gasteiger partial charge in [0, 0.05) is 10.6 Å². The van der Waals surface area contributed by atoms with Gasteiger partial charge in [0.15, 0.2) is 0 Å². The number of benzene rings is 2. The van der Waals surface area contributed by atoms with Gasteiger partial charge in [0.1, 0.15) is 0 Å². The molecular formula is C21H22N2OS. The van der Waals surface area contributed by atoms with E-state index in [4.69, 9.17) is 0 Å². The topological polar surface area (TPSA) is 41.1 Å². The Balaban J connectivity index is 1.70. The van der Waals surface area contributed by atoms with Crippen LogP contribution in [0.2, 0.25) is 0 Å². The predicted octanol–water partition coefficient (Wildman–Crippen LogP) is 4.68. The highest BCUT2D eigenvalue weighted by Gasteiger charge is 2.17. The first-order valence-corrected chi connectivity index (χ1v) is 9.20. The Morgan fingerprint density at radius 3 is 2.56 bits per heavy atom. The lowest BCUT2D eigenvalue weighted by molar-refractivity contribution is -0.119. The molecule has 2 N–H and O–H groups in total. The maximum absolute atomic E-state index is 12.5. The smallest absolute Gasteiger partial charge is 0.240 e. The van der Waals surface area contributed by atoms with Crippen molar-refractivity contribution in [2.45, 2.75) is 19.9 Å². The molecule has 3 rings (SSSR count). The summed E-state index contributed by atoms with van der Waals surface area (Å²) >= 11 is 1.65. The van der Waals surface area contributed by atoms with Crippen molar-refractivity contribution in [3.8, 4) is 0 Å². The second kappa shape index (κ2) is 7.99. The Kier molecular flexibility index (Phi) is 5.51. The Hall–Kier alpha value is -2.59. The number of thiophene rings is 1. The van der Waals surface area contributed by atoms with Crippen LogP contribution in [0.5, 0.6) is 0 Å². The van der Waals surface area contributed by atoms with Gasteiger partial charge in [-0.25, -0.2) is 0 Å². The lowest BCUT2D eigenvalue weighted by Crippen LogP contribution is -2.33. The van der Waals surface area contributed by atoms with E-state index in [0.29, 0.717) is 0 Å². The van der Waals surface area contributed by atoms with E-state index < -0.39 is 0 Å².